The van der Waals surface area contributed by atoms with Gasteiger partial charge >= 0.3 is 6.09 Å². The van der Waals surface area contributed by atoms with E-state index in [0.29, 0.717) is 18.6 Å². The Bertz CT molecular complexity index is 942. The Morgan fingerprint density at radius 2 is 1.66 bits per heavy atom. The number of hydrogen-bond donors (Lipinski definition) is 2. The fourth-order valence-electron chi connectivity index (χ4n) is 4.35. The standard InChI is InChI=1S/C30H51N3O4S/c1-12-15-21(4)31-26(34)25(23-17-14-16-20(3)22(23)5)33(30(9,10)13-2)27(35)24(18-19-38-11)32-28(36)37-29(6,7)8/h14,16-17,21,24-25H,12-13,15,18-19H2,1-11H3,(H,31,34)(H,32,36). The first-order valence-electron chi connectivity index (χ1n) is 13.8. The van der Waals surface area contributed by atoms with Gasteiger partial charge in [0.05, 0.1) is 0 Å². The van der Waals surface area contributed by atoms with Gasteiger partial charge in [-0.05, 0) is 103 Å². The third-order valence-electron chi connectivity index (χ3n) is 6.91. The molecule has 1 aromatic rings. The Hall–Kier alpha value is -2.22. The van der Waals surface area contributed by atoms with E-state index >= 15 is 0 Å². The van der Waals surface area contributed by atoms with Crippen molar-refractivity contribution < 1.29 is 19.1 Å². The first-order chi connectivity index (χ1) is 17.6. The highest BCUT2D eigenvalue weighted by atomic mass is 32.2. The van der Waals surface area contributed by atoms with E-state index in [9.17, 15) is 14.4 Å². The van der Waals surface area contributed by atoms with Crippen LogP contribution in [0.3, 0.4) is 0 Å². The highest BCUT2D eigenvalue weighted by Gasteiger charge is 2.43. The highest BCUT2D eigenvalue weighted by molar-refractivity contribution is 7.98. The van der Waals surface area contributed by atoms with Gasteiger partial charge in [-0.3, -0.25) is 9.59 Å². The second-order valence-electron chi connectivity index (χ2n) is 11.7. The molecule has 0 saturated heterocycles. The number of aryl methyl sites for hydroxylation is 1. The van der Waals surface area contributed by atoms with Crippen LogP contribution < -0.4 is 10.6 Å². The minimum absolute atomic E-state index is 0.0333. The molecular formula is C30H51N3O4S. The van der Waals surface area contributed by atoms with Gasteiger partial charge in [-0.1, -0.05) is 38.5 Å². The molecule has 38 heavy (non-hydrogen) atoms. The summed E-state index contributed by atoms with van der Waals surface area (Å²) in [7, 11) is 0. The Morgan fingerprint density at radius 3 is 2.18 bits per heavy atom. The van der Waals surface area contributed by atoms with Crippen molar-refractivity contribution in [3.05, 3.63) is 34.9 Å². The molecule has 0 fully saturated rings. The molecule has 0 heterocycles. The predicted molar refractivity (Wildman–Crippen MR) is 159 cm³/mol. The van der Waals surface area contributed by atoms with Crippen molar-refractivity contribution in [1.29, 1.82) is 0 Å². The molecule has 3 amide bonds. The maximum absolute atomic E-state index is 14.4. The fourth-order valence-corrected chi connectivity index (χ4v) is 4.82. The minimum Gasteiger partial charge on any atom is -0.444 e. The number of thioether (sulfide) groups is 1. The molecule has 0 radical (unpaired) electrons. The lowest BCUT2D eigenvalue weighted by Crippen LogP contribution is -2.60. The molecule has 0 aliphatic carbocycles. The molecule has 0 saturated carbocycles. The molecule has 1 rings (SSSR count). The van der Waals surface area contributed by atoms with Crippen molar-refractivity contribution in [3.63, 3.8) is 0 Å². The fraction of sp³-hybridized carbons (Fsp3) is 0.700. The van der Waals surface area contributed by atoms with Crippen LogP contribution in [0.1, 0.15) is 104 Å². The van der Waals surface area contributed by atoms with Gasteiger partial charge in [-0.15, -0.1) is 0 Å². The van der Waals surface area contributed by atoms with Crippen LogP contribution in [0.2, 0.25) is 0 Å². The van der Waals surface area contributed by atoms with Crippen molar-refractivity contribution in [2.45, 2.75) is 124 Å². The molecule has 2 N–H and O–H groups in total. The van der Waals surface area contributed by atoms with Crippen molar-refractivity contribution in [3.8, 4) is 0 Å². The summed E-state index contributed by atoms with van der Waals surface area (Å²) in [5.41, 5.74) is 1.45. The average Bonchev–Trinajstić information content (AvgIpc) is 2.80. The second kappa shape index (κ2) is 14.8. The zero-order valence-corrected chi connectivity index (χ0v) is 26.3. The number of ether oxygens (including phenoxy) is 1. The average molecular weight is 550 g/mol. The summed E-state index contributed by atoms with van der Waals surface area (Å²) in [6.07, 6.45) is 4.14. The predicted octanol–water partition coefficient (Wildman–Crippen LogP) is 6.31. The molecule has 3 unspecified atom stereocenters. The highest BCUT2D eigenvalue weighted by Crippen LogP contribution is 2.35. The maximum atomic E-state index is 14.4. The molecule has 0 aliphatic heterocycles. The van der Waals surface area contributed by atoms with E-state index in [0.717, 1.165) is 29.5 Å². The van der Waals surface area contributed by atoms with E-state index in [1.54, 1.807) is 37.4 Å². The van der Waals surface area contributed by atoms with Crippen molar-refractivity contribution in [2.75, 3.05) is 12.0 Å². The third kappa shape index (κ3) is 9.83. The smallest absolute Gasteiger partial charge is 0.408 e. The Balaban J connectivity index is 3.71. The van der Waals surface area contributed by atoms with Crippen LogP contribution in [-0.2, 0) is 14.3 Å². The van der Waals surface area contributed by atoms with Crippen molar-refractivity contribution in [1.82, 2.24) is 15.5 Å². The summed E-state index contributed by atoms with van der Waals surface area (Å²) >= 11 is 1.60. The summed E-state index contributed by atoms with van der Waals surface area (Å²) in [6, 6.07) is 4.15. The lowest BCUT2D eigenvalue weighted by molar-refractivity contribution is -0.149. The molecule has 7 nitrogen and oxygen atoms in total. The molecule has 0 spiro atoms. The zero-order chi connectivity index (χ0) is 29.3. The lowest BCUT2D eigenvalue weighted by atomic mass is 9.89. The van der Waals surface area contributed by atoms with Crippen LogP contribution >= 0.6 is 11.8 Å². The van der Waals surface area contributed by atoms with Crippen molar-refractivity contribution >= 4 is 29.7 Å². The van der Waals surface area contributed by atoms with Crippen LogP contribution in [0, 0.1) is 13.8 Å². The molecule has 0 aliphatic rings. The summed E-state index contributed by atoms with van der Waals surface area (Å²) < 4.78 is 5.49. The van der Waals surface area contributed by atoms with Gasteiger partial charge in [-0.25, -0.2) is 4.79 Å². The maximum Gasteiger partial charge on any atom is 0.408 e. The van der Waals surface area contributed by atoms with Crippen LogP contribution in [0.5, 0.6) is 0 Å². The van der Waals surface area contributed by atoms with Gasteiger partial charge in [-0.2, -0.15) is 11.8 Å². The first-order valence-corrected chi connectivity index (χ1v) is 15.2. The summed E-state index contributed by atoms with van der Waals surface area (Å²) in [4.78, 5) is 43.0. The van der Waals surface area contributed by atoms with Gasteiger partial charge in [0.2, 0.25) is 11.8 Å². The third-order valence-corrected chi connectivity index (χ3v) is 7.56. The Morgan fingerprint density at radius 1 is 1.03 bits per heavy atom. The van der Waals surface area contributed by atoms with Crippen LogP contribution in [0.15, 0.2) is 18.2 Å². The van der Waals surface area contributed by atoms with Gasteiger partial charge in [0.15, 0.2) is 0 Å². The summed E-state index contributed by atoms with van der Waals surface area (Å²) in [6.45, 7) is 19.4. The van der Waals surface area contributed by atoms with Crippen LogP contribution in [0.4, 0.5) is 4.79 Å². The number of amides is 3. The van der Waals surface area contributed by atoms with E-state index in [-0.39, 0.29) is 17.9 Å². The topological polar surface area (TPSA) is 87.7 Å². The monoisotopic (exact) mass is 549 g/mol. The molecule has 8 heteroatoms. The first kappa shape index (κ1) is 33.8. The minimum atomic E-state index is -0.853. The number of rotatable bonds is 13. The number of hydrogen-bond acceptors (Lipinski definition) is 5. The molecule has 1 aromatic carbocycles. The number of carbonyl (C=O) groups is 3. The quantitative estimate of drug-likeness (QED) is 0.301. The van der Waals surface area contributed by atoms with E-state index in [2.05, 4.69) is 17.6 Å². The Kier molecular flexibility index (Phi) is 13.2. The molecule has 3 atom stereocenters. The molecule has 216 valence electrons. The van der Waals surface area contributed by atoms with Crippen molar-refractivity contribution in [2.24, 2.45) is 0 Å². The van der Waals surface area contributed by atoms with Gasteiger partial charge < -0.3 is 20.3 Å². The molecule has 0 aromatic heterocycles. The van der Waals surface area contributed by atoms with E-state index in [1.807, 2.05) is 66.0 Å². The number of benzene rings is 1. The van der Waals surface area contributed by atoms with Gasteiger partial charge in [0, 0.05) is 11.6 Å². The second-order valence-corrected chi connectivity index (χ2v) is 12.7. The number of nitrogens with zero attached hydrogens (tertiary/aromatic N) is 1. The van der Waals surface area contributed by atoms with E-state index in [1.165, 1.54) is 0 Å². The lowest BCUT2D eigenvalue weighted by Gasteiger charge is -2.45. The van der Waals surface area contributed by atoms with Gasteiger partial charge in [0.25, 0.3) is 0 Å². The normalized spacial score (nSPS) is 14.3. The largest absolute Gasteiger partial charge is 0.444 e. The van der Waals surface area contributed by atoms with E-state index in [4.69, 9.17) is 4.74 Å². The SMILES string of the molecule is CCCC(C)NC(=O)C(c1cccc(C)c1C)N(C(=O)C(CCSC)NC(=O)OC(C)(C)C)C(C)(C)CC. The van der Waals surface area contributed by atoms with Gasteiger partial charge in [0.1, 0.15) is 17.7 Å². The van der Waals surface area contributed by atoms with Crippen LogP contribution in [0.25, 0.3) is 0 Å². The van der Waals surface area contributed by atoms with Crippen LogP contribution in [-0.4, -0.2) is 58.0 Å². The zero-order valence-electron chi connectivity index (χ0n) is 25.5. The molecule has 0 bridgehead atoms. The summed E-state index contributed by atoms with van der Waals surface area (Å²) in [5, 5.41) is 5.98. The summed E-state index contributed by atoms with van der Waals surface area (Å²) in [5.74, 6) is 0.164. The molecular weight excluding hydrogens is 498 g/mol. The van der Waals surface area contributed by atoms with E-state index < -0.39 is 29.3 Å². The number of alkyl carbamates (subject to hydrolysis) is 1. The number of carbonyl (C=O) groups excluding carboxylic acids is 3. The number of nitrogens with one attached hydrogen (secondary N) is 2. The Labute approximate surface area is 235 Å².